The molecule has 116 valence electrons. The summed E-state index contributed by atoms with van der Waals surface area (Å²) in [7, 11) is 0. The van der Waals surface area contributed by atoms with Crippen LogP contribution < -0.4 is 5.32 Å². The van der Waals surface area contributed by atoms with E-state index in [4.69, 9.17) is 5.11 Å². The third-order valence-corrected chi connectivity index (χ3v) is 3.19. The molecule has 1 aromatic carbocycles. The van der Waals surface area contributed by atoms with Gasteiger partial charge >= 0.3 is 5.97 Å². The number of carbonyl (C=O) groups excluding carboxylic acids is 1. The molecule has 0 saturated carbocycles. The lowest BCUT2D eigenvalue weighted by Gasteiger charge is -2.09. The van der Waals surface area contributed by atoms with Crippen LogP contribution in [0.3, 0.4) is 0 Å². The van der Waals surface area contributed by atoms with Crippen LogP contribution in [0.5, 0.6) is 0 Å². The summed E-state index contributed by atoms with van der Waals surface area (Å²) in [4.78, 5) is 22.4. The fraction of sp³-hybridized carbons (Fsp3) is 0.312. The van der Waals surface area contributed by atoms with Crippen molar-refractivity contribution in [1.29, 1.82) is 0 Å². The van der Waals surface area contributed by atoms with E-state index in [0.717, 1.165) is 11.3 Å². The van der Waals surface area contributed by atoms with Gasteiger partial charge in [-0.2, -0.15) is 5.10 Å². The molecule has 1 atom stereocenters. The number of carboxylic acids is 1. The molecule has 0 radical (unpaired) electrons. The van der Waals surface area contributed by atoms with Crippen molar-refractivity contribution in [2.24, 2.45) is 5.92 Å². The quantitative estimate of drug-likeness (QED) is 0.814. The molecule has 1 unspecified atom stereocenters. The summed E-state index contributed by atoms with van der Waals surface area (Å²) in [6, 6.07) is 9.65. The summed E-state index contributed by atoms with van der Waals surface area (Å²) < 4.78 is 1.72. The van der Waals surface area contributed by atoms with Gasteiger partial charge in [0, 0.05) is 19.2 Å². The van der Waals surface area contributed by atoms with Crippen molar-refractivity contribution in [2.45, 2.75) is 19.8 Å². The minimum atomic E-state index is -0.856. The van der Waals surface area contributed by atoms with Crippen LogP contribution in [0.4, 0.5) is 0 Å². The molecule has 6 nitrogen and oxygen atoms in total. The summed E-state index contributed by atoms with van der Waals surface area (Å²) in [6.45, 7) is 2.15. The van der Waals surface area contributed by atoms with Gasteiger partial charge in [0.2, 0.25) is 5.91 Å². The predicted molar refractivity (Wildman–Crippen MR) is 81.7 cm³/mol. The van der Waals surface area contributed by atoms with Crippen molar-refractivity contribution in [3.63, 3.8) is 0 Å². The number of nitrogens with zero attached hydrogens (tertiary/aromatic N) is 2. The molecule has 2 N–H and O–H groups in total. The molecule has 0 aliphatic carbocycles. The van der Waals surface area contributed by atoms with E-state index in [1.807, 2.05) is 36.5 Å². The number of carbonyl (C=O) groups is 2. The number of nitrogens with one attached hydrogen (secondary N) is 1. The van der Waals surface area contributed by atoms with Gasteiger partial charge in [-0.05, 0) is 23.6 Å². The summed E-state index contributed by atoms with van der Waals surface area (Å²) in [5.41, 5.74) is 1.75. The first-order valence-electron chi connectivity index (χ1n) is 7.12. The monoisotopic (exact) mass is 301 g/mol. The third-order valence-electron chi connectivity index (χ3n) is 3.19. The fourth-order valence-corrected chi connectivity index (χ4v) is 2.08. The lowest BCUT2D eigenvalue weighted by atomic mass is 10.1. The van der Waals surface area contributed by atoms with Crippen LogP contribution in [-0.4, -0.2) is 33.3 Å². The zero-order chi connectivity index (χ0) is 15.9. The Balaban J connectivity index is 1.85. The van der Waals surface area contributed by atoms with E-state index in [-0.39, 0.29) is 24.7 Å². The molecule has 2 aromatic rings. The molecule has 6 heteroatoms. The molecule has 1 amide bonds. The summed E-state index contributed by atoms with van der Waals surface area (Å²) in [5, 5.41) is 15.7. The highest BCUT2D eigenvalue weighted by molar-refractivity contribution is 5.78. The molecule has 0 aliphatic rings. The summed E-state index contributed by atoms with van der Waals surface area (Å²) >= 11 is 0. The van der Waals surface area contributed by atoms with Crippen molar-refractivity contribution < 1.29 is 14.7 Å². The van der Waals surface area contributed by atoms with Crippen LogP contribution in [-0.2, 0) is 16.0 Å². The molecule has 0 bridgehead atoms. The molecule has 2 rings (SSSR count). The Bertz CT molecular complexity index is 637. The first-order valence-corrected chi connectivity index (χ1v) is 7.12. The largest absolute Gasteiger partial charge is 0.481 e. The van der Waals surface area contributed by atoms with Gasteiger partial charge in [-0.3, -0.25) is 9.59 Å². The zero-order valence-electron chi connectivity index (χ0n) is 12.4. The van der Waals surface area contributed by atoms with Crippen LogP contribution in [0.2, 0.25) is 0 Å². The smallest absolute Gasteiger partial charge is 0.303 e. The highest BCUT2D eigenvalue weighted by atomic mass is 16.4. The lowest BCUT2D eigenvalue weighted by Crippen LogP contribution is -2.30. The van der Waals surface area contributed by atoms with Crippen molar-refractivity contribution in [3.05, 3.63) is 48.3 Å². The van der Waals surface area contributed by atoms with Crippen LogP contribution in [0.25, 0.3) is 5.69 Å². The Kier molecular flexibility index (Phi) is 5.30. The Hall–Kier alpha value is -2.63. The van der Waals surface area contributed by atoms with Gasteiger partial charge in [0.05, 0.1) is 18.3 Å². The number of carboxylic acid groups (broad SMARTS) is 1. The Morgan fingerprint density at radius 2 is 2.05 bits per heavy atom. The van der Waals surface area contributed by atoms with Gasteiger partial charge < -0.3 is 10.4 Å². The second kappa shape index (κ2) is 7.40. The van der Waals surface area contributed by atoms with Gasteiger partial charge in [-0.1, -0.05) is 25.1 Å². The SMILES string of the molecule is CC(CNC(=O)Cc1cnn(-c2ccccc2)c1)CC(=O)O. The van der Waals surface area contributed by atoms with Gasteiger partial charge in [-0.25, -0.2) is 4.68 Å². The normalized spacial score (nSPS) is 11.9. The Labute approximate surface area is 128 Å². The van der Waals surface area contributed by atoms with Crippen molar-refractivity contribution in [3.8, 4) is 5.69 Å². The Morgan fingerprint density at radius 1 is 1.32 bits per heavy atom. The number of benzene rings is 1. The van der Waals surface area contributed by atoms with Crippen LogP contribution in [0.1, 0.15) is 18.9 Å². The lowest BCUT2D eigenvalue weighted by molar-refractivity contribution is -0.138. The maximum absolute atomic E-state index is 11.9. The second-order valence-electron chi connectivity index (χ2n) is 5.31. The van der Waals surface area contributed by atoms with Gasteiger partial charge in [0.15, 0.2) is 0 Å². The number of amides is 1. The molecule has 0 aliphatic heterocycles. The number of hydrogen-bond acceptors (Lipinski definition) is 3. The predicted octanol–water partition coefficient (Wildman–Crippen LogP) is 1.64. The fourth-order valence-electron chi connectivity index (χ4n) is 2.08. The van der Waals surface area contributed by atoms with E-state index in [2.05, 4.69) is 10.4 Å². The maximum Gasteiger partial charge on any atom is 0.303 e. The van der Waals surface area contributed by atoms with Crippen molar-refractivity contribution in [1.82, 2.24) is 15.1 Å². The first kappa shape index (κ1) is 15.8. The third kappa shape index (κ3) is 4.73. The number of aromatic nitrogens is 2. The maximum atomic E-state index is 11.9. The van der Waals surface area contributed by atoms with E-state index in [1.54, 1.807) is 17.8 Å². The second-order valence-corrected chi connectivity index (χ2v) is 5.31. The number of rotatable bonds is 7. The average molecular weight is 301 g/mol. The van der Waals surface area contributed by atoms with Crippen LogP contribution >= 0.6 is 0 Å². The highest BCUT2D eigenvalue weighted by Crippen LogP contribution is 2.08. The molecule has 0 spiro atoms. The first-order chi connectivity index (χ1) is 10.5. The number of aliphatic carboxylic acids is 1. The topological polar surface area (TPSA) is 84.2 Å². The van der Waals surface area contributed by atoms with Gasteiger partial charge in [0.25, 0.3) is 0 Å². The number of para-hydroxylation sites is 1. The number of hydrogen-bond donors (Lipinski definition) is 2. The van der Waals surface area contributed by atoms with E-state index in [9.17, 15) is 9.59 Å². The minimum Gasteiger partial charge on any atom is -0.481 e. The standard InChI is InChI=1S/C16H19N3O3/c1-12(7-16(21)22)9-17-15(20)8-13-10-18-19(11-13)14-5-3-2-4-6-14/h2-6,10-12H,7-9H2,1H3,(H,17,20)(H,21,22). The molecule has 1 heterocycles. The highest BCUT2D eigenvalue weighted by Gasteiger charge is 2.10. The molecule has 1 aromatic heterocycles. The zero-order valence-corrected chi connectivity index (χ0v) is 12.4. The van der Waals surface area contributed by atoms with Crippen LogP contribution in [0, 0.1) is 5.92 Å². The Morgan fingerprint density at radius 3 is 2.73 bits per heavy atom. The van der Waals surface area contributed by atoms with E-state index in [1.165, 1.54) is 0 Å². The van der Waals surface area contributed by atoms with E-state index in [0.29, 0.717) is 6.54 Å². The van der Waals surface area contributed by atoms with Crippen LogP contribution in [0.15, 0.2) is 42.7 Å². The molecule has 22 heavy (non-hydrogen) atoms. The molecular formula is C16H19N3O3. The molecular weight excluding hydrogens is 282 g/mol. The van der Waals surface area contributed by atoms with E-state index < -0.39 is 5.97 Å². The van der Waals surface area contributed by atoms with Gasteiger partial charge in [0.1, 0.15) is 0 Å². The van der Waals surface area contributed by atoms with Gasteiger partial charge in [-0.15, -0.1) is 0 Å². The average Bonchev–Trinajstić information content (AvgIpc) is 2.94. The van der Waals surface area contributed by atoms with Crippen molar-refractivity contribution in [2.75, 3.05) is 6.54 Å². The minimum absolute atomic E-state index is 0.0478. The summed E-state index contributed by atoms with van der Waals surface area (Å²) in [6.07, 6.45) is 3.75. The molecule has 0 fully saturated rings. The van der Waals surface area contributed by atoms with Crippen molar-refractivity contribution >= 4 is 11.9 Å². The van der Waals surface area contributed by atoms with E-state index >= 15 is 0 Å². The molecule has 0 saturated heterocycles. The summed E-state index contributed by atoms with van der Waals surface area (Å²) in [5.74, 6) is -1.08.